The van der Waals surface area contributed by atoms with Gasteiger partial charge < -0.3 is 24.4 Å². The molecule has 2 aromatic carbocycles. The number of nitrogens with one attached hydrogen (secondary N) is 1. The van der Waals surface area contributed by atoms with Crippen molar-refractivity contribution >= 4 is 17.1 Å². The van der Waals surface area contributed by atoms with Crippen molar-refractivity contribution in [1.82, 2.24) is 0 Å². The third-order valence-electron chi connectivity index (χ3n) is 5.00. The van der Waals surface area contributed by atoms with Crippen molar-refractivity contribution < 1.29 is 14.2 Å². The summed E-state index contributed by atoms with van der Waals surface area (Å²) in [6, 6.07) is 7.80. The molecule has 2 aromatic rings. The van der Waals surface area contributed by atoms with Crippen molar-refractivity contribution in [3.63, 3.8) is 0 Å². The molecule has 0 saturated carbocycles. The van der Waals surface area contributed by atoms with Gasteiger partial charge >= 0.3 is 0 Å². The Morgan fingerprint density at radius 3 is 2.35 bits per heavy atom. The van der Waals surface area contributed by atoms with Crippen LogP contribution >= 0.6 is 0 Å². The summed E-state index contributed by atoms with van der Waals surface area (Å²) in [4.78, 5) is 25.5. The fraction of sp³-hybridized carbons (Fsp3) is 0.474. The molecule has 0 radical (unpaired) electrons. The highest BCUT2D eigenvalue weighted by atomic mass is 16.7. The number of hydrogen-bond donors (Lipinski definition) is 1. The van der Waals surface area contributed by atoms with Crippen molar-refractivity contribution in [1.29, 1.82) is 0 Å². The number of hydrogen-bond acceptors (Lipinski definition) is 7. The highest BCUT2D eigenvalue weighted by Gasteiger charge is 2.39. The largest absolute Gasteiger partial charge is 0.488 e. The fourth-order valence-electron chi connectivity index (χ4n) is 3.56. The van der Waals surface area contributed by atoms with E-state index in [1.54, 1.807) is 6.92 Å². The van der Waals surface area contributed by atoms with E-state index in [4.69, 9.17) is 14.2 Å². The second kappa shape index (κ2) is 6.74. The summed E-state index contributed by atoms with van der Waals surface area (Å²) >= 11 is 0. The molecule has 138 valence electrons. The molecule has 7 heteroatoms. The van der Waals surface area contributed by atoms with E-state index >= 15 is 0 Å². The third kappa shape index (κ3) is 2.97. The number of piperidine rings is 1. The summed E-state index contributed by atoms with van der Waals surface area (Å²) in [6.07, 6.45) is 1.71. The maximum atomic E-state index is 11.7. The van der Waals surface area contributed by atoms with Gasteiger partial charge in [-0.15, -0.1) is 0 Å². The van der Waals surface area contributed by atoms with Gasteiger partial charge in [0, 0.05) is 37.3 Å². The molecule has 0 unspecified atom stereocenters. The summed E-state index contributed by atoms with van der Waals surface area (Å²) in [5, 5.41) is 2.99. The average Bonchev–Trinajstić information content (AvgIpc) is 3.13. The van der Waals surface area contributed by atoms with Gasteiger partial charge in [-0.1, -0.05) is 0 Å². The molecular formula is C19H22N2O5. The van der Waals surface area contributed by atoms with Gasteiger partial charge in [0.15, 0.2) is 11.5 Å². The van der Waals surface area contributed by atoms with Crippen LogP contribution in [0.5, 0.6) is 5.75 Å². The lowest BCUT2D eigenvalue weighted by atomic mass is 10.0. The fourth-order valence-corrected chi connectivity index (χ4v) is 3.56. The normalized spacial score (nSPS) is 19.2. The van der Waals surface area contributed by atoms with Crippen LogP contribution in [0.4, 0.5) is 17.1 Å². The average molecular weight is 358 g/mol. The summed E-state index contributed by atoms with van der Waals surface area (Å²) in [6.45, 7) is 5.24. The van der Waals surface area contributed by atoms with Crippen molar-refractivity contribution in [2.75, 3.05) is 43.1 Å². The van der Waals surface area contributed by atoms with Crippen molar-refractivity contribution in [2.24, 2.45) is 0 Å². The van der Waals surface area contributed by atoms with E-state index in [2.05, 4.69) is 10.2 Å². The van der Waals surface area contributed by atoms with Gasteiger partial charge in [-0.05, 0) is 31.2 Å². The van der Waals surface area contributed by atoms with Crippen LogP contribution in [-0.2, 0) is 9.47 Å². The predicted molar refractivity (Wildman–Crippen MR) is 98.3 cm³/mol. The van der Waals surface area contributed by atoms with Crippen LogP contribution in [0.15, 0.2) is 33.9 Å². The Balaban J connectivity index is 1.41. The van der Waals surface area contributed by atoms with Crippen molar-refractivity contribution in [2.45, 2.75) is 25.6 Å². The maximum absolute atomic E-state index is 11.7. The Morgan fingerprint density at radius 2 is 1.73 bits per heavy atom. The Hall–Kier alpha value is -2.38. The van der Waals surface area contributed by atoms with Crippen LogP contribution in [0.1, 0.15) is 19.8 Å². The van der Waals surface area contributed by atoms with Crippen molar-refractivity contribution in [3.05, 3.63) is 44.7 Å². The topological polar surface area (TPSA) is 77.1 Å². The molecule has 2 fully saturated rings. The standard InChI is InChI=1S/C19H22N2O5/c1-2-24-18-15(16(22)17(18)23)20-13-3-5-14(6-4-13)21-9-7-19(8-10-21)25-11-12-26-19/h3-6,20H,2,7-12H2,1H3. The highest BCUT2D eigenvalue weighted by Crippen LogP contribution is 2.33. The lowest BCUT2D eigenvalue weighted by Gasteiger charge is -2.38. The molecule has 2 heterocycles. The lowest BCUT2D eigenvalue weighted by Crippen LogP contribution is -2.45. The quantitative estimate of drug-likeness (QED) is 0.816. The van der Waals surface area contributed by atoms with Gasteiger partial charge in [0.1, 0.15) is 5.69 Å². The van der Waals surface area contributed by atoms with Crippen LogP contribution in [0, 0.1) is 0 Å². The molecule has 0 amide bonds. The zero-order valence-corrected chi connectivity index (χ0v) is 14.7. The molecule has 0 aromatic heterocycles. The number of rotatable bonds is 5. The minimum absolute atomic E-state index is 0.125. The molecular weight excluding hydrogens is 336 g/mol. The number of anilines is 3. The monoisotopic (exact) mass is 358 g/mol. The van der Waals surface area contributed by atoms with E-state index in [1.807, 2.05) is 24.3 Å². The molecule has 4 rings (SSSR count). The SMILES string of the molecule is CCOc1c(Nc2ccc(N3CCC4(CC3)OCCO4)cc2)c(=O)c1=O. The molecule has 1 spiro atoms. The highest BCUT2D eigenvalue weighted by molar-refractivity contribution is 5.71. The van der Waals surface area contributed by atoms with Crippen LogP contribution in [0.2, 0.25) is 0 Å². The summed E-state index contributed by atoms with van der Waals surface area (Å²) < 4.78 is 16.7. The van der Waals surface area contributed by atoms with E-state index in [0.29, 0.717) is 19.8 Å². The molecule has 7 nitrogen and oxygen atoms in total. The lowest BCUT2D eigenvalue weighted by molar-refractivity contribution is -0.169. The first kappa shape index (κ1) is 17.1. The molecule has 2 saturated heterocycles. The van der Waals surface area contributed by atoms with E-state index in [0.717, 1.165) is 37.3 Å². The van der Waals surface area contributed by atoms with Gasteiger partial charge in [0.25, 0.3) is 10.9 Å². The number of ether oxygens (including phenoxy) is 3. The van der Waals surface area contributed by atoms with Gasteiger partial charge in [0.2, 0.25) is 0 Å². The summed E-state index contributed by atoms with van der Waals surface area (Å²) in [7, 11) is 0. The first-order valence-electron chi connectivity index (χ1n) is 8.98. The van der Waals surface area contributed by atoms with Gasteiger partial charge in [-0.25, -0.2) is 0 Å². The second-order valence-electron chi connectivity index (χ2n) is 6.56. The molecule has 0 atom stereocenters. The smallest absolute Gasteiger partial charge is 0.272 e. The minimum atomic E-state index is -0.565. The van der Waals surface area contributed by atoms with Gasteiger partial charge in [-0.3, -0.25) is 9.59 Å². The van der Waals surface area contributed by atoms with Crippen LogP contribution in [0.3, 0.4) is 0 Å². The Labute approximate surface area is 151 Å². The first-order valence-corrected chi connectivity index (χ1v) is 8.98. The zero-order chi connectivity index (χ0) is 18.1. The molecule has 1 N–H and O–H groups in total. The molecule has 2 aliphatic heterocycles. The van der Waals surface area contributed by atoms with E-state index in [9.17, 15) is 9.59 Å². The summed E-state index contributed by atoms with van der Waals surface area (Å²) in [5.74, 6) is -0.253. The maximum Gasteiger partial charge on any atom is 0.272 e. The molecule has 0 aliphatic carbocycles. The van der Waals surface area contributed by atoms with E-state index in [-0.39, 0.29) is 17.2 Å². The van der Waals surface area contributed by atoms with E-state index in [1.165, 1.54) is 0 Å². The van der Waals surface area contributed by atoms with Crippen LogP contribution in [-0.4, -0.2) is 38.7 Å². The molecule has 26 heavy (non-hydrogen) atoms. The Kier molecular flexibility index (Phi) is 4.42. The van der Waals surface area contributed by atoms with E-state index < -0.39 is 10.9 Å². The minimum Gasteiger partial charge on any atom is -0.488 e. The molecule has 0 bridgehead atoms. The number of nitrogens with zero attached hydrogens (tertiary/aromatic N) is 1. The van der Waals surface area contributed by atoms with Crippen LogP contribution in [0.25, 0.3) is 0 Å². The van der Waals surface area contributed by atoms with Gasteiger partial charge in [-0.2, -0.15) is 0 Å². The molecule has 2 aliphatic rings. The first-order chi connectivity index (χ1) is 12.6. The Bertz CT molecular complexity index is 838. The van der Waals surface area contributed by atoms with Gasteiger partial charge in [0.05, 0.1) is 19.8 Å². The van der Waals surface area contributed by atoms with Crippen LogP contribution < -0.4 is 25.8 Å². The summed E-state index contributed by atoms with van der Waals surface area (Å²) in [5.41, 5.74) is 0.996. The zero-order valence-electron chi connectivity index (χ0n) is 14.7. The number of benzene rings is 1. The predicted octanol–water partition coefficient (Wildman–Crippen LogP) is 1.77. The third-order valence-corrected chi connectivity index (χ3v) is 5.00. The second-order valence-corrected chi connectivity index (χ2v) is 6.56. The van der Waals surface area contributed by atoms with Crippen molar-refractivity contribution in [3.8, 4) is 5.75 Å². The Morgan fingerprint density at radius 1 is 1.08 bits per heavy atom.